The second-order valence-electron chi connectivity index (χ2n) is 10.8. The van der Waals surface area contributed by atoms with Crippen molar-refractivity contribution in [1.29, 1.82) is 0 Å². The molecule has 0 fully saturated rings. The molecule has 2 aromatic rings. The lowest BCUT2D eigenvalue weighted by molar-refractivity contribution is -0.136. The van der Waals surface area contributed by atoms with E-state index in [0.717, 1.165) is 30.0 Å². The predicted octanol–water partition coefficient (Wildman–Crippen LogP) is 6.49. The van der Waals surface area contributed by atoms with Crippen LogP contribution in [-0.4, -0.2) is 46.2 Å². The Labute approximate surface area is 217 Å². The molecular weight excluding hydrogens is 452 g/mol. The van der Waals surface area contributed by atoms with Crippen molar-refractivity contribution in [3.8, 4) is 11.4 Å². The number of rotatable bonds is 14. The van der Waals surface area contributed by atoms with Gasteiger partial charge in [0.15, 0.2) is 0 Å². The largest absolute Gasteiger partial charge is 0.497 e. The zero-order valence-corrected chi connectivity index (χ0v) is 23.4. The summed E-state index contributed by atoms with van der Waals surface area (Å²) in [5.74, 6) is 1.14. The lowest BCUT2D eigenvalue weighted by atomic mass is 9.92. The van der Waals surface area contributed by atoms with Gasteiger partial charge in [0, 0.05) is 23.9 Å². The van der Waals surface area contributed by atoms with Crippen molar-refractivity contribution >= 4 is 17.6 Å². The van der Waals surface area contributed by atoms with Gasteiger partial charge in [0.1, 0.15) is 18.1 Å². The van der Waals surface area contributed by atoms with Crippen LogP contribution in [0.2, 0.25) is 0 Å². The van der Waals surface area contributed by atoms with Crippen molar-refractivity contribution in [3.05, 3.63) is 36.0 Å². The Morgan fingerprint density at radius 1 is 1.03 bits per heavy atom. The fraction of sp³-hybridized carbons (Fsp3) is 0.621. The zero-order valence-electron chi connectivity index (χ0n) is 23.4. The Kier molecular flexibility index (Phi) is 11.5. The number of methoxy groups -OCH3 is 1. The second kappa shape index (κ2) is 14.0. The highest BCUT2D eigenvalue weighted by Crippen LogP contribution is 2.27. The minimum Gasteiger partial charge on any atom is -0.497 e. The normalized spacial score (nSPS) is 11.6. The Bertz CT molecular complexity index is 958. The molecule has 0 aliphatic rings. The van der Waals surface area contributed by atoms with Crippen LogP contribution in [0, 0.1) is 0 Å². The van der Waals surface area contributed by atoms with E-state index in [9.17, 15) is 9.59 Å². The van der Waals surface area contributed by atoms with Gasteiger partial charge in [-0.3, -0.25) is 9.59 Å². The maximum atomic E-state index is 13.1. The Balaban J connectivity index is 2.07. The minimum atomic E-state index is -0.230. The summed E-state index contributed by atoms with van der Waals surface area (Å²) in [6.45, 7) is 12.4. The van der Waals surface area contributed by atoms with Crippen LogP contribution in [0.4, 0.5) is 5.82 Å². The zero-order chi connectivity index (χ0) is 26.7. The molecule has 0 radical (unpaired) electrons. The fourth-order valence-corrected chi connectivity index (χ4v) is 4.03. The van der Waals surface area contributed by atoms with E-state index < -0.39 is 0 Å². The number of unbranched alkanes of at least 4 members (excludes halogenated alkanes) is 6. The van der Waals surface area contributed by atoms with Gasteiger partial charge in [0.25, 0.3) is 0 Å². The fourth-order valence-electron chi connectivity index (χ4n) is 4.03. The first-order valence-corrected chi connectivity index (χ1v) is 13.4. The van der Waals surface area contributed by atoms with Crippen molar-refractivity contribution in [2.24, 2.45) is 0 Å². The first kappa shape index (κ1) is 29.4. The summed E-state index contributed by atoms with van der Waals surface area (Å²) in [5, 5.41) is 7.77. The Morgan fingerprint density at radius 2 is 1.64 bits per heavy atom. The SMILES string of the molecule is CCCCCCCCCC(=O)N(CC(=O)Nc1cc(C(C)(C)C)nn1-c1ccc(OC)cc1)C(C)C. The highest BCUT2D eigenvalue weighted by atomic mass is 16.5. The maximum absolute atomic E-state index is 13.1. The molecule has 1 aromatic heterocycles. The van der Waals surface area contributed by atoms with Crippen LogP contribution in [0.5, 0.6) is 5.75 Å². The van der Waals surface area contributed by atoms with Gasteiger partial charge >= 0.3 is 0 Å². The summed E-state index contributed by atoms with van der Waals surface area (Å²) >= 11 is 0. The molecule has 0 spiro atoms. The number of ether oxygens (including phenoxy) is 1. The monoisotopic (exact) mass is 498 g/mol. The van der Waals surface area contributed by atoms with E-state index in [-0.39, 0.29) is 29.8 Å². The number of nitrogens with one attached hydrogen (secondary N) is 1. The maximum Gasteiger partial charge on any atom is 0.245 e. The quantitative estimate of drug-likeness (QED) is 0.302. The molecule has 1 N–H and O–H groups in total. The summed E-state index contributed by atoms with van der Waals surface area (Å²) in [6, 6.07) is 9.39. The van der Waals surface area contributed by atoms with Crippen LogP contribution < -0.4 is 10.1 Å². The molecule has 1 aromatic carbocycles. The van der Waals surface area contributed by atoms with Gasteiger partial charge in [-0.25, -0.2) is 4.68 Å². The van der Waals surface area contributed by atoms with E-state index in [1.54, 1.807) is 16.7 Å². The molecule has 0 saturated carbocycles. The summed E-state index contributed by atoms with van der Waals surface area (Å²) < 4.78 is 7.00. The summed E-state index contributed by atoms with van der Waals surface area (Å²) in [7, 11) is 1.63. The third-order valence-corrected chi connectivity index (χ3v) is 6.31. The van der Waals surface area contributed by atoms with Crippen molar-refractivity contribution in [3.63, 3.8) is 0 Å². The molecule has 2 amide bonds. The smallest absolute Gasteiger partial charge is 0.245 e. The standard InChI is InChI=1S/C29H46N4O3/c1-8-9-10-11-12-13-14-15-28(35)32(22(2)3)21-27(34)30-26-20-25(29(4,5)6)31-33(26)23-16-18-24(36-7)19-17-23/h16-20,22H,8-15,21H2,1-7H3,(H,30,34). The third-order valence-electron chi connectivity index (χ3n) is 6.31. The molecule has 0 atom stereocenters. The van der Waals surface area contributed by atoms with E-state index in [4.69, 9.17) is 9.84 Å². The van der Waals surface area contributed by atoms with Crippen LogP contribution in [0.1, 0.15) is 98.6 Å². The molecule has 200 valence electrons. The third kappa shape index (κ3) is 8.99. The van der Waals surface area contributed by atoms with Crippen molar-refractivity contribution in [2.45, 2.75) is 104 Å². The average Bonchev–Trinajstić information content (AvgIpc) is 3.26. The number of carbonyl (C=O) groups is 2. The number of benzene rings is 1. The van der Waals surface area contributed by atoms with Gasteiger partial charge in [0.2, 0.25) is 11.8 Å². The topological polar surface area (TPSA) is 76.5 Å². The van der Waals surface area contributed by atoms with Crippen LogP contribution >= 0.6 is 0 Å². The summed E-state index contributed by atoms with van der Waals surface area (Å²) in [6.07, 6.45) is 8.60. The average molecular weight is 499 g/mol. The molecule has 7 heteroatoms. The van der Waals surface area contributed by atoms with Crippen LogP contribution in [0.3, 0.4) is 0 Å². The van der Waals surface area contributed by atoms with Crippen LogP contribution in [0.15, 0.2) is 30.3 Å². The molecule has 0 bridgehead atoms. The number of amides is 2. The van der Waals surface area contributed by atoms with Gasteiger partial charge < -0.3 is 15.0 Å². The molecule has 0 saturated heterocycles. The Morgan fingerprint density at radius 3 is 2.19 bits per heavy atom. The van der Waals surface area contributed by atoms with E-state index in [1.165, 1.54) is 32.1 Å². The number of aromatic nitrogens is 2. The van der Waals surface area contributed by atoms with Crippen LogP contribution in [-0.2, 0) is 15.0 Å². The van der Waals surface area contributed by atoms with E-state index in [2.05, 4.69) is 33.0 Å². The molecule has 2 rings (SSSR count). The number of nitrogens with zero attached hydrogens (tertiary/aromatic N) is 3. The molecule has 36 heavy (non-hydrogen) atoms. The first-order valence-electron chi connectivity index (χ1n) is 13.4. The number of carbonyl (C=O) groups excluding carboxylic acids is 2. The van der Waals surface area contributed by atoms with Crippen LogP contribution in [0.25, 0.3) is 5.69 Å². The second-order valence-corrected chi connectivity index (χ2v) is 10.8. The Hall–Kier alpha value is -2.83. The summed E-state index contributed by atoms with van der Waals surface area (Å²) in [5.41, 5.74) is 1.50. The number of anilines is 1. The molecule has 0 unspecified atom stereocenters. The van der Waals surface area contributed by atoms with Gasteiger partial charge in [-0.1, -0.05) is 66.2 Å². The minimum absolute atomic E-state index is 0.0195. The van der Waals surface area contributed by atoms with Crippen molar-refractivity contribution in [2.75, 3.05) is 19.0 Å². The van der Waals surface area contributed by atoms with Gasteiger partial charge in [-0.15, -0.1) is 0 Å². The van der Waals surface area contributed by atoms with E-state index in [1.807, 2.05) is 44.2 Å². The first-order chi connectivity index (χ1) is 17.1. The molecule has 0 aliphatic carbocycles. The molecule has 1 heterocycles. The van der Waals surface area contributed by atoms with Gasteiger partial charge in [0.05, 0.1) is 18.5 Å². The lowest BCUT2D eigenvalue weighted by Gasteiger charge is -2.26. The molecule has 0 aliphatic heterocycles. The van der Waals surface area contributed by atoms with E-state index in [0.29, 0.717) is 12.2 Å². The highest BCUT2D eigenvalue weighted by Gasteiger charge is 2.24. The summed E-state index contributed by atoms with van der Waals surface area (Å²) in [4.78, 5) is 27.7. The predicted molar refractivity (Wildman–Crippen MR) is 147 cm³/mol. The molecular formula is C29H46N4O3. The van der Waals surface area contributed by atoms with Gasteiger partial charge in [-0.2, -0.15) is 5.10 Å². The van der Waals surface area contributed by atoms with E-state index >= 15 is 0 Å². The van der Waals surface area contributed by atoms with Gasteiger partial charge in [-0.05, 0) is 44.5 Å². The number of hydrogen-bond donors (Lipinski definition) is 1. The number of hydrogen-bond acceptors (Lipinski definition) is 4. The van der Waals surface area contributed by atoms with Crippen molar-refractivity contribution < 1.29 is 14.3 Å². The lowest BCUT2D eigenvalue weighted by Crippen LogP contribution is -2.42. The van der Waals surface area contributed by atoms with Crippen molar-refractivity contribution in [1.82, 2.24) is 14.7 Å². The highest BCUT2D eigenvalue weighted by molar-refractivity contribution is 5.94. The molecule has 7 nitrogen and oxygen atoms in total.